The Kier molecular flexibility index (Phi) is 5.21. The smallest absolute Gasteiger partial charge is 0.227 e. The van der Waals surface area contributed by atoms with Crippen LogP contribution in [0, 0.1) is 5.82 Å². The zero-order valence-corrected chi connectivity index (χ0v) is 14.6. The average molecular weight is 334 g/mol. The van der Waals surface area contributed by atoms with Gasteiger partial charge in [0, 0.05) is 31.8 Å². The second kappa shape index (κ2) is 7.19. The first-order valence-corrected chi connectivity index (χ1v) is 8.79. The first-order valence-electron chi connectivity index (χ1n) is 8.79. The highest BCUT2D eigenvalue weighted by Crippen LogP contribution is 2.40. The highest BCUT2D eigenvalue weighted by Gasteiger charge is 2.46. The van der Waals surface area contributed by atoms with Crippen LogP contribution in [0.2, 0.25) is 0 Å². The molecule has 2 heterocycles. The van der Waals surface area contributed by atoms with Crippen molar-refractivity contribution in [2.24, 2.45) is 0 Å². The molecule has 1 aromatic carbocycles. The number of piperidine rings is 1. The Balaban J connectivity index is 1.57. The third-order valence-corrected chi connectivity index (χ3v) is 5.94. The molecule has 1 atom stereocenters. The van der Waals surface area contributed by atoms with E-state index in [-0.39, 0.29) is 23.7 Å². The van der Waals surface area contributed by atoms with Gasteiger partial charge in [-0.2, -0.15) is 0 Å². The molecule has 3 rings (SSSR count). The summed E-state index contributed by atoms with van der Waals surface area (Å²) in [5, 5.41) is 0. The first kappa shape index (κ1) is 17.4. The lowest BCUT2D eigenvalue weighted by Gasteiger charge is -2.45. The number of carbonyl (C=O) groups excluding carboxylic acids is 1. The van der Waals surface area contributed by atoms with Crippen molar-refractivity contribution in [3.63, 3.8) is 0 Å². The molecule has 4 nitrogen and oxygen atoms in total. The molecule has 1 aromatic rings. The molecule has 0 aromatic heterocycles. The van der Waals surface area contributed by atoms with Gasteiger partial charge >= 0.3 is 0 Å². The zero-order valence-electron chi connectivity index (χ0n) is 14.6. The van der Waals surface area contributed by atoms with Crippen LogP contribution in [-0.2, 0) is 16.0 Å². The van der Waals surface area contributed by atoms with Crippen LogP contribution in [0.5, 0.6) is 0 Å². The van der Waals surface area contributed by atoms with Crippen molar-refractivity contribution in [3.8, 4) is 0 Å². The summed E-state index contributed by atoms with van der Waals surface area (Å²) in [6.45, 7) is 2.29. The van der Waals surface area contributed by atoms with Gasteiger partial charge in [0.1, 0.15) is 5.82 Å². The molecule has 0 aliphatic carbocycles. The summed E-state index contributed by atoms with van der Waals surface area (Å²) < 4.78 is 19.1. The van der Waals surface area contributed by atoms with Gasteiger partial charge in [-0.1, -0.05) is 18.2 Å². The minimum absolute atomic E-state index is 0.0315. The van der Waals surface area contributed by atoms with Crippen molar-refractivity contribution in [1.29, 1.82) is 0 Å². The summed E-state index contributed by atoms with van der Waals surface area (Å²) in [6.07, 6.45) is 4.47. The van der Waals surface area contributed by atoms with Gasteiger partial charge in [-0.3, -0.25) is 9.69 Å². The molecule has 1 amide bonds. The van der Waals surface area contributed by atoms with E-state index in [2.05, 4.69) is 11.9 Å². The number of ether oxygens (including phenoxy) is 1. The van der Waals surface area contributed by atoms with E-state index in [1.807, 2.05) is 4.90 Å². The van der Waals surface area contributed by atoms with Gasteiger partial charge < -0.3 is 9.64 Å². The van der Waals surface area contributed by atoms with Gasteiger partial charge in [0.25, 0.3) is 0 Å². The fourth-order valence-corrected chi connectivity index (χ4v) is 4.27. The average Bonchev–Trinajstić information content (AvgIpc) is 2.88. The van der Waals surface area contributed by atoms with E-state index >= 15 is 0 Å². The molecule has 0 radical (unpaired) electrons. The number of hydrogen-bond acceptors (Lipinski definition) is 3. The summed E-state index contributed by atoms with van der Waals surface area (Å²) in [7, 11) is 3.94. The molecule has 1 spiro atoms. The van der Waals surface area contributed by atoms with E-state index in [9.17, 15) is 9.18 Å². The van der Waals surface area contributed by atoms with Gasteiger partial charge in [-0.05, 0) is 44.4 Å². The topological polar surface area (TPSA) is 32.8 Å². The SMILES string of the molecule is COC[C@H]1CCC2(CCN(C(=O)Cc3ccccc3F)CC2)N1C. The van der Waals surface area contributed by atoms with Crippen LogP contribution in [0.3, 0.4) is 0 Å². The molecule has 0 saturated carbocycles. The summed E-state index contributed by atoms with van der Waals surface area (Å²) in [5.41, 5.74) is 0.693. The summed E-state index contributed by atoms with van der Waals surface area (Å²) >= 11 is 0. The number of amides is 1. The van der Waals surface area contributed by atoms with Crippen LogP contribution in [0.15, 0.2) is 24.3 Å². The van der Waals surface area contributed by atoms with Crippen LogP contribution in [-0.4, -0.2) is 61.1 Å². The molecule has 0 bridgehead atoms. The van der Waals surface area contributed by atoms with Gasteiger partial charge in [0.05, 0.1) is 13.0 Å². The second-order valence-corrected chi connectivity index (χ2v) is 7.13. The first-order chi connectivity index (χ1) is 11.6. The van der Waals surface area contributed by atoms with Crippen LogP contribution in [0.25, 0.3) is 0 Å². The molecule has 132 valence electrons. The molecule has 2 aliphatic heterocycles. The third kappa shape index (κ3) is 3.33. The quantitative estimate of drug-likeness (QED) is 0.848. The van der Waals surface area contributed by atoms with Crippen molar-refractivity contribution in [2.45, 2.75) is 43.7 Å². The Labute approximate surface area is 143 Å². The highest BCUT2D eigenvalue weighted by atomic mass is 19.1. The summed E-state index contributed by atoms with van der Waals surface area (Å²) in [5.74, 6) is -0.263. The fourth-order valence-electron chi connectivity index (χ4n) is 4.27. The van der Waals surface area contributed by atoms with E-state index in [4.69, 9.17) is 4.74 Å². The number of benzene rings is 1. The Morgan fingerprint density at radius 1 is 1.29 bits per heavy atom. The number of carbonyl (C=O) groups is 1. The Morgan fingerprint density at radius 3 is 2.67 bits per heavy atom. The Hall–Kier alpha value is -1.46. The minimum atomic E-state index is -0.294. The van der Waals surface area contributed by atoms with Crippen LogP contribution in [0.4, 0.5) is 4.39 Å². The van der Waals surface area contributed by atoms with E-state index < -0.39 is 0 Å². The maximum absolute atomic E-state index is 13.7. The normalized spacial score (nSPS) is 23.8. The van der Waals surface area contributed by atoms with Crippen LogP contribution >= 0.6 is 0 Å². The number of halogens is 1. The highest BCUT2D eigenvalue weighted by molar-refractivity contribution is 5.79. The summed E-state index contributed by atoms with van der Waals surface area (Å²) in [4.78, 5) is 16.9. The number of likely N-dealkylation sites (tertiary alicyclic amines) is 2. The monoisotopic (exact) mass is 334 g/mol. The Morgan fingerprint density at radius 2 is 2.00 bits per heavy atom. The largest absolute Gasteiger partial charge is 0.383 e. The summed E-state index contributed by atoms with van der Waals surface area (Å²) in [6, 6.07) is 7.02. The maximum atomic E-state index is 13.7. The maximum Gasteiger partial charge on any atom is 0.227 e. The lowest BCUT2D eigenvalue weighted by atomic mass is 9.85. The van der Waals surface area contributed by atoms with Crippen molar-refractivity contribution in [1.82, 2.24) is 9.80 Å². The van der Waals surface area contributed by atoms with Gasteiger partial charge in [-0.25, -0.2) is 4.39 Å². The standard InChI is InChI=1S/C19H27FN2O2/c1-21-16(14-24-2)7-8-19(21)9-11-22(12-10-19)18(23)13-15-5-3-4-6-17(15)20/h3-6,16H,7-14H2,1-2H3/t16-/m1/s1. The molecule has 2 fully saturated rings. The van der Waals surface area contributed by atoms with Crippen LogP contribution < -0.4 is 0 Å². The van der Waals surface area contributed by atoms with E-state index in [1.165, 1.54) is 12.5 Å². The van der Waals surface area contributed by atoms with Crippen molar-refractivity contribution in [2.75, 3.05) is 33.9 Å². The molecule has 24 heavy (non-hydrogen) atoms. The second-order valence-electron chi connectivity index (χ2n) is 7.13. The number of nitrogens with zero attached hydrogens (tertiary/aromatic N) is 2. The molecule has 2 aliphatic rings. The lowest BCUT2D eigenvalue weighted by molar-refractivity contribution is -0.133. The van der Waals surface area contributed by atoms with E-state index in [0.29, 0.717) is 11.6 Å². The zero-order chi connectivity index (χ0) is 17.2. The van der Waals surface area contributed by atoms with Gasteiger partial charge in [0.2, 0.25) is 5.91 Å². The molecule has 0 N–H and O–H groups in total. The third-order valence-electron chi connectivity index (χ3n) is 5.94. The van der Waals surface area contributed by atoms with Crippen molar-refractivity contribution < 1.29 is 13.9 Å². The molecule has 5 heteroatoms. The van der Waals surface area contributed by atoms with E-state index in [0.717, 1.165) is 39.0 Å². The van der Waals surface area contributed by atoms with Gasteiger partial charge in [0.15, 0.2) is 0 Å². The van der Waals surface area contributed by atoms with Crippen molar-refractivity contribution in [3.05, 3.63) is 35.6 Å². The Bertz CT molecular complexity index is 584. The predicted octanol–water partition coefficient (Wildman–Crippen LogP) is 2.47. The molecular weight excluding hydrogens is 307 g/mol. The molecule has 2 saturated heterocycles. The van der Waals surface area contributed by atoms with Crippen LogP contribution in [0.1, 0.15) is 31.2 Å². The van der Waals surface area contributed by atoms with Crippen molar-refractivity contribution >= 4 is 5.91 Å². The minimum Gasteiger partial charge on any atom is -0.383 e. The fraction of sp³-hybridized carbons (Fsp3) is 0.632. The number of methoxy groups -OCH3 is 1. The van der Waals surface area contributed by atoms with Gasteiger partial charge in [-0.15, -0.1) is 0 Å². The number of likely N-dealkylation sites (N-methyl/N-ethyl adjacent to an activating group) is 1. The number of rotatable bonds is 4. The lowest BCUT2D eigenvalue weighted by Crippen LogP contribution is -2.54. The molecule has 0 unspecified atom stereocenters. The molecular formula is C19H27FN2O2. The number of hydrogen-bond donors (Lipinski definition) is 0. The van der Waals surface area contributed by atoms with E-state index in [1.54, 1.807) is 25.3 Å². The predicted molar refractivity (Wildman–Crippen MR) is 91.3 cm³/mol.